The number of benzene rings is 1. The molecular formula is C14H15ClN4O2. The lowest BCUT2D eigenvalue weighted by Crippen LogP contribution is -2.17. The fourth-order valence-corrected chi connectivity index (χ4v) is 1.96. The first-order valence-corrected chi connectivity index (χ1v) is 6.52. The highest BCUT2D eigenvalue weighted by Crippen LogP contribution is 2.23. The Hall–Kier alpha value is -2.31. The minimum Gasteiger partial charge on any atom is -0.497 e. The Balaban J connectivity index is 2.26. The van der Waals surface area contributed by atoms with Crippen molar-refractivity contribution in [1.29, 1.82) is 0 Å². The van der Waals surface area contributed by atoms with Crippen LogP contribution in [0.15, 0.2) is 30.3 Å². The van der Waals surface area contributed by atoms with Crippen LogP contribution in [0.4, 0.5) is 11.5 Å². The molecule has 1 heterocycles. The van der Waals surface area contributed by atoms with E-state index in [0.717, 1.165) is 11.3 Å². The smallest absolute Gasteiger partial charge is 0.275 e. The average molecular weight is 307 g/mol. The molecule has 1 amide bonds. The lowest BCUT2D eigenvalue weighted by molar-refractivity contribution is 0.102. The van der Waals surface area contributed by atoms with Crippen molar-refractivity contribution in [3.63, 3.8) is 0 Å². The van der Waals surface area contributed by atoms with Crippen molar-refractivity contribution >= 4 is 29.0 Å². The second-order valence-electron chi connectivity index (χ2n) is 4.31. The molecule has 1 aromatic carbocycles. The summed E-state index contributed by atoms with van der Waals surface area (Å²) in [5, 5.41) is 3.01. The molecule has 2 aromatic rings. The second-order valence-corrected chi connectivity index (χ2v) is 4.71. The van der Waals surface area contributed by atoms with Gasteiger partial charge in [0, 0.05) is 5.69 Å². The van der Waals surface area contributed by atoms with E-state index in [-0.39, 0.29) is 10.7 Å². The quantitative estimate of drug-likeness (QED) is 0.597. The molecule has 110 valence electrons. The summed E-state index contributed by atoms with van der Waals surface area (Å²) >= 11 is 5.99. The van der Waals surface area contributed by atoms with Gasteiger partial charge in [-0.3, -0.25) is 4.79 Å². The van der Waals surface area contributed by atoms with Crippen LogP contribution in [0.3, 0.4) is 0 Å². The maximum Gasteiger partial charge on any atom is 0.275 e. The van der Waals surface area contributed by atoms with E-state index in [1.165, 1.54) is 0 Å². The zero-order chi connectivity index (χ0) is 15.4. The van der Waals surface area contributed by atoms with E-state index in [0.29, 0.717) is 11.5 Å². The summed E-state index contributed by atoms with van der Waals surface area (Å²) in [6.07, 6.45) is 0. The van der Waals surface area contributed by atoms with Crippen molar-refractivity contribution in [2.75, 3.05) is 17.9 Å². The van der Waals surface area contributed by atoms with E-state index in [4.69, 9.17) is 22.2 Å². The van der Waals surface area contributed by atoms with Crippen LogP contribution in [0.25, 0.3) is 0 Å². The Morgan fingerprint density at radius 2 is 2.10 bits per heavy atom. The van der Waals surface area contributed by atoms with Crippen LogP contribution in [0.2, 0.25) is 5.02 Å². The molecular weight excluding hydrogens is 292 g/mol. The van der Waals surface area contributed by atoms with Gasteiger partial charge < -0.3 is 15.5 Å². The molecule has 6 nitrogen and oxygen atoms in total. The van der Waals surface area contributed by atoms with E-state index in [1.54, 1.807) is 31.4 Å². The van der Waals surface area contributed by atoms with E-state index in [9.17, 15) is 4.79 Å². The van der Waals surface area contributed by atoms with Crippen LogP contribution >= 0.6 is 11.6 Å². The Morgan fingerprint density at radius 1 is 1.33 bits per heavy atom. The number of pyridine rings is 1. The van der Waals surface area contributed by atoms with Gasteiger partial charge in [-0.15, -0.1) is 0 Å². The molecule has 0 saturated carbocycles. The van der Waals surface area contributed by atoms with Gasteiger partial charge in [-0.05, 0) is 42.8 Å². The number of amides is 1. The first-order chi connectivity index (χ1) is 10.0. The minimum absolute atomic E-state index is 0.0994. The summed E-state index contributed by atoms with van der Waals surface area (Å²) < 4.78 is 5.12. The molecule has 0 aliphatic heterocycles. The number of nitrogens with two attached hydrogens (primary N) is 1. The largest absolute Gasteiger partial charge is 0.497 e. The fourth-order valence-electron chi connectivity index (χ4n) is 1.77. The maximum absolute atomic E-state index is 12.3. The number of carbonyl (C=O) groups is 1. The number of anilines is 2. The number of hydrazine groups is 1. The van der Waals surface area contributed by atoms with Crippen LogP contribution in [-0.4, -0.2) is 18.0 Å². The molecule has 21 heavy (non-hydrogen) atoms. The highest BCUT2D eigenvalue weighted by atomic mass is 35.5. The lowest BCUT2D eigenvalue weighted by atomic mass is 10.2. The third kappa shape index (κ3) is 3.42. The van der Waals surface area contributed by atoms with Crippen LogP contribution in [-0.2, 0) is 0 Å². The van der Waals surface area contributed by atoms with Gasteiger partial charge in [0.25, 0.3) is 5.91 Å². The van der Waals surface area contributed by atoms with Gasteiger partial charge in [0.2, 0.25) is 0 Å². The summed E-state index contributed by atoms with van der Waals surface area (Å²) in [5.74, 6) is 5.94. The molecule has 0 radical (unpaired) electrons. The first kappa shape index (κ1) is 15.1. The SMILES string of the molecule is COc1ccc(NC(=O)c2nc(NN)ccc2Cl)c(C)c1. The summed E-state index contributed by atoms with van der Waals surface area (Å²) in [6.45, 7) is 1.87. The Morgan fingerprint density at radius 3 is 2.71 bits per heavy atom. The third-order valence-corrected chi connectivity index (χ3v) is 3.20. The first-order valence-electron chi connectivity index (χ1n) is 6.14. The summed E-state index contributed by atoms with van der Waals surface area (Å²) in [6, 6.07) is 8.47. The predicted molar refractivity (Wildman–Crippen MR) is 82.7 cm³/mol. The number of hydrogen-bond donors (Lipinski definition) is 3. The van der Waals surface area contributed by atoms with Gasteiger partial charge in [0.15, 0.2) is 0 Å². The molecule has 0 aliphatic carbocycles. The highest BCUT2D eigenvalue weighted by Gasteiger charge is 2.14. The number of hydrogen-bond acceptors (Lipinski definition) is 5. The minimum atomic E-state index is -0.412. The van der Waals surface area contributed by atoms with Crippen molar-refractivity contribution in [2.24, 2.45) is 5.84 Å². The zero-order valence-electron chi connectivity index (χ0n) is 11.6. The second kappa shape index (κ2) is 6.43. The van der Waals surface area contributed by atoms with E-state index >= 15 is 0 Å². The molecule has 7 heteroatoms. The van der Waals surface area contributed by atoms with Crippen molar-refractivity contribution in [1.82, 2.24) is 4.98 Å². The number of methoxy groups -OCH3 is 1. The molecule has 2 rings (SSSR count). The number of aromatic nitrogens is 1. The molecule has 0 unspecified atom stereocenters. The van der Waals surface area contributed by atoms with Gasteiger partial charge in [-0.2, -0.15) is 0 Å². The monoisotopic (exact) mass is 306 g/mol. The highest BCUT2D eigenvalue weighted by molar-refractivity contribution is 6.34. The van der Waals surface area contributed by atoms with E-state index in [1.807, 2.05) is 13.0 Å². The van der Waals surface area contributed by atoms with Gasteiger partial charge in [0.05, 0.1) is 12.1 Å². The fraction of sp³-hybridized carbons (Fsp3) is 0.143. The Labute approximate surface area is 127 Å². The number of ether oxygens (including phenoxy) is 1. The van der Waals surface area contributed by atoms with Crippen LogP contribution < -0.4 is 21.3 Å². The number of rotatable bonds is 4. The van der Waals surface area contributed by atoms with Gasteiger partial charge in [-0.25, -0.2) is 10.8 Å². The average Bonchev–Trinajstić information content (AvgIpc) is 2.49. The van der Waals surface area contributed by atoms with Crippen molar-refractivity contribution in [3.8, 4) is 5.75 Å². The van der Waals surface area contributed by atoms with Crippen molar-refractivity contribution in [3.05, 3.63) is 46.6 Å². The number of nitrogen functional groups attached to an aromatic ring is 1. The number of nitrogens with zero attached hydrogens (tertiary/aromatic N) is 1. The molecule has 0 aliphatic rings. The van der Waals surface area contributed by atoms with Crippen LogP contribution in [0.5, 0.6) is 5.75 Å². The number of carbonyl (C=O) groups excluding carboxylic acids is 1. The predicted octanol–water partition coefficient (Wildman–Crippen LogP) is 2.59. The molecule has 4 N–H and O–H groups in total. The van der Waals surface area contributed by atoms with Gasteiger partial charge in [0.1, 0.15) is 17.3 Å². The van der Waals surface area contributed by atoms with Crippen molar-refractivity contribution in [2.45, 2.75) is 6.92 Å². The van der Waals surface area contributed by atoms with Crippen LogP contribution in [0.1, 0.15) is 16.1 Å². The Kier molecular flexibility index (Phi) is 4.62. The maximum atomic E-state index is 12.3. The summed E-state index contributed by atoms with van der Waals surface area (Å²) in [5.41, 5.74) is 4.00. The number of nitrogens with one attached hydrogen (secondary N) is 2. The summed E-state index contributed by atoms with van der Waals surface area (Å²) in [7, 11) is 1.59. The molecule has 0 fully saturated rings. The van der Waals surface area contributed by atoms with E-state index in [2.05, 4.69) is 15.7 Å². The van der Waals surface area contributed by atoms with Crippen molar-refractivity contribution < 1.29 is 9.53 Å². The summed E-state index contributed by atoms with van der Waals surface area (Å²) in [4.78, 5) is 16.3. The van der Waals surface area contributed by atoms with Gasteiger partial charge >= 0.3 is 0 Å². The van der Waals surface area contributed by atoms with Gasteiger partial charge in [-0.1, -0.05) is 11.6 Å². The number of halogens is 1. The Bertz CT molecular complexity index is 676. The molecule has 0 saturated heterocycles. The molecule has 0 bridgehead atoms. The normalized spacial score (nSPS) is 10.1. The molecule has 0 spiro atoms. The third-order valence-electron chi connectivity index (χ3n) is 2.89. The lowest BCUT2D eigenvalue weighted by Gasteiger charge is -2.11. The molecule has 1 aromatic heterocycles. The van der Waals surface area contributed by atoms with E-state index < -0.39 is 5.91 Å². The van der Waals surface area contributed by atoms with Crippen LogP contribution in [0, 0.1) is 6.92 Å². The zero-order valence-corrected chi connectivity index (χ0v) is 12.4. The molecule has 0 atom stereocenters. The topological polar surface area (TPSA) is 89.3 Å². The standard InChI is InChI=1S/C14H15ClN4O2/c1-8-7-9(21-2)3-5-11(8)17-14(20)13-10(15)4-6-12(18-13)19-16/h3-7H,16H2,1-2H3,(H,17,20)(H,18,19). The number of aryl methyl sites for hydroxylation is 1.